The summed E-state index contributed by atoms with van der Waals surface area (Å²) in [5.41, 5.74) is 1.47. The number of piperazine rings is 1. The molecule has 2 saturated heterocycles. The van der Waals surface area contributed by atoms with E-state index in [0.717, 1.165) is 18.3 Å². The van der Waals surface area contributed by atoms with Gasteiger partial charge in [-0.3, -0.25) is 4.90 Å². The maximum absolute atomic E-state index is 3.55. The SMILES string of the molecule is c1ccc(C2CNCCN2CC2CCCCS2)cc1. The lowest BCUT2D eigenvalue weighted by Crippen LogP contribution is -2.48. The van der Waals surface area contributed by atoms with Gasteiger partial charge in [0.1, 0.15) is 0 Å². The van der Waals surface area contributed by atoms with E-state index in [1.54, 1.807) is 0 Å². The van der Waals surface area contributed by atoms with E-state index in [1.807, 2.05) is 0 Å². The van der Waals surface area contributed by atoms with Crippen LogP contribution in [-0.2, 0) is 0 Å². The van der Waals surface area contributed by atoms with E-state index in [1.165, 1.54) is 43.7 Å². The van der Waals surface area contributed by atoms with Crippen LogP contribution >= 0.6 is 11.8 Å². The largest absolute Gasteiger partial charge is 0.314 e. The zero-order valence-corrected chi connectivity index (χ0v) is 12.4. The molecule has 3 heteroatoms. The molecule has 0 spiro atoms. The zero-order chi connectivity index (χ0) is 12.9. The lowest BCUT2D eigenvalue weighted by Gasteiger charge is -2.39. The molecule has 0 aliphatic carbocycles. The first-order valence-corrected chi connectivity index (χ1v) is 8.59. The highest BCUT2D eigenvalue weighted by Gasteiger charge is 2.26. The van der Waals surface area contributed by atoms with Crippen molar-refractivity contribution in [3.8, 4) is 0 Å². The van der Waals surface area contributed by atoms with Gasteiger partial charge in [-0.25, -0.2) is 0 Å². The summed E-state index contributed by atoms with van der Waals surface area (Å²) in [5, 5.41) is 4.41. The van der Waals surface area contributed by atoms with Crippen molar-refractivity contribution in [2.75, 3.05) is 31.9 Å². The maximum Gasteiger partial charge on any atom is 0.0473 e. The average Bonchev–Trinajstić information content (AvgIpc) is 2.50. The first-order valence-electron chi connectivity index (χ1n) is 7.55. The molecule has 2 heterocycles. The molecule has 0 radical (unpaired) electrons. The van der Waals surface area contributed by atoms with Crippen molar-refractivity contribution >= 4 is 11.8 Å². The Morgan fingerprint density at radius 2 is 2.11 bits per heavy atom. The van der Waals surface area contributed by atoms with E-state index in [-0.39, 0.29) is 0 Å². The Hall–Kier alpha value is -0.510. The minimum absolute atomic E-state index is 0.567. The normalized spacial score (nSPS) is 29.3. The van der Waals surface area contributed by atoms with Crippen LogP contribution < -0.4 is 5.32 Å². The van der Waals surface area contributed by atoms with Crippen LogP contribution in [0.1, 0.15) is 30.9 Å². The highest BCUT2D eigenvalue weighted by Crippen LogP contribution is 2.29. The molecule has 2 unspecified atom stereocenters. The van der Waals surface area contributed by atoms with E-state index in [2.05, 4.69) is 52.3 Å². The molecule has 1 aromatic carbocycles. The van der Waals surface area contributed by atoms with E-state index in [4.69, 9.17) is 0 Å². The van der Waals surface area contributed by atoms with Crippen LogP contribution in [0.5, 0.6) is 0 Å². The molecule has 0 aromatic heterocycles. The van der Waals surface area contributed by atoms with Crippen LogP contribution in [0.3, 0.4) is 0 Å². The minimum Gasteiger partial charge on any atom is -0.314 e. The van der Waals surface area contributed by atoms with Gasteiger partial charge in [-0.05, 0) is 24.2 Å². The smallest absolute Gasteiger partial charge is 0.0473 e. The van der Waals surface area contributed by atoms with Crippen LogP contribution in [0, 0.1) is 0 Å². The van der Waals surface area contributed by atoms with Gasteiger partial charge in [-0.15, -0.1) is 0 Å². The van der Waals surface area contributed by atoms with Gasteiger partial charge in [-0.2, -0.15) is 11.8 Å². The number of nitrogens with zero attached hydrogens (tertiary/aromatic N) is 1. The monoisotopic (exact) mass is 276 g/mol. The summed E-state index contributed by atoms with van der Waals surface area (Å²) in [7, 11) is 0. The van der Waals surface area contributed by atoms with Crippen molar-refractivity contribution in [3.05, 3.63) is 35.9 Å². The summed E-state index contributed by atoms with van der Waals surface area (Å²) in [6.07, 6.45) is 4.26. The number of thioether (sulfide) groups is 1. The summed E-state index contributed by atoms with van der Waals surface area (Å²) < 4.78 is 0. The lowest BCUT2D eigenvalue weighted by molar-refractivity contribution is 0.161. The molecule has 2 atom stereocenters. The van der Waals surface area contributed by atoms with Gasteiger partial charge < -0.3 is 5.32 Å². The third-order valence-electron chi connectivity index (χ3n) is 4.25. The van der Waals surface area contributed by atoms with Crippen LogP contribution in [0.4, 0.5) is 0 Å². The molecule has 2 aliphatic heterocycles. The molecule has 1 N–H and O–H groups in total. The third kappa shape index (κ3) is 3.53. The highest BCUT2D eigenvalue weighted by molar-refractivity contribution is 7.99. The van der Waals surface area contributed by atoms with Crippen molar-refractivity contribution in [2.24, 2.45) is 0 Å². The fourth-order valence-electron chi connectivity index (χ4n) is 3.18. The van der Waals surface area contributed by atoms with Crippen molar-refractivity contribution in [3.63, 3.8) is 0 Å². The number of hydrogen-bond donors (Lipinski definition) is 1. The summed E-state index contributed by atoms with van der Waals surface area (Å²) in [4.78, 5) is 2.70. The van der Waals surface area contributed by atoms with Crippen LogP contribution in [0.2, 0.25) is 0 Å². The molecule has 0 bridgehead atoms. The van der Waals surface area contributed by atoms with Crippen LogP contribution in [-0.4, -0.2) is 42.1 Å². The highest BCUT2D eigenvalue weighted by atomic mass is 32.2. The summed E-state index contributed by atoms with van der Waals surface area (Å²) >= 11 is 2.19. The standard InChI is InChI=1S/C16H24N2S/c1-2-6-14(7-3-1)16-12-17-9-10-18(16)13-15-8-4-5-11-19-15/h1-3,6-7,15-17H,4-5,8-13H2. The first kappa shape index (κ1) is 13.5. The number of benzene rings is 1. The van der Waals surface area contributed by atoms with E-state index in [9.17, 15) is 0 Å². The van der Waals surface area contributed by atoms with Gasteiger partial charge in [0.25, 0.3) is 0 Å². The lowest BCUT2D eigenvalue weighted by atomic mass is 10.0. The molecule has 0 saturated carbocycles. The molecule has 2 aliphatic rings. The number of nitrogens with one attached hydrogen (secondary N) is 1. The Bertz CT molecular complexity index is 376. The van der Waals surface area contributed by atoms with Crippen molar-refractivity contribution in [1.29, 1.82) is 0 Å². The Labute approximate surface area is 121 Å². The van der Waals surface area contributed by atoms with Crippen LogP contribution in [0.25, 0.3) is 0 Å². The molecule has 2 fully saturated rings. The predicted octanol–water partition coefficient (Wildman–Crippen LogP) is 2.92. The van der Waals surface area contributed by atoms with Gasteiger partial charge in [0.05, 0.1) is 0 Å². The minimum atomic E-state index is 0.567. The second-order valence-corrected chi connectivity index (χ2v) is 7.02. The van der Waals surface area contributed by atoms with Crippen molar-refractivity contribution in [2.45, 2.75) is 30.6 Å². The van der Waals surface area contributed by atoms with Crippen molar-refractivity contribution in [1.82, 2.24) is 10.2 Å². The fraction of sp³-hybridized carbons (Fsp3) is 0.625. The summed E-state index contributed by atoms with van der Waals surface area (Å²) in [6.45, 7) is 4.70. The maximum atomic E-state index is 3.55. The Balaban J connectivity index is 1.66. The number of rotatable bonds is 3. The van der Waals surface area contributed by atoms with Gasteiger partial charge in [0, 0.05) is 37.5 Å². The van der Waals surface area contributed by atoms with Gasteiger partial charge in [0.2, 0.25) is 0 Å². The molecule has 19 heavy (non-hydrogen) atoms. The zero-order valence-electron chi connectivity index (χ0n) is 11.6. The Morgan fingerprint density at radius 1 is 1.21 bits per heavy atom. The first-order chi connectivity index (χ1) is 9.43. The van der Waals surface area contributed by atoms with Crippen LogP contribution in [0.15, 0.2) is 30.3 Å². The van der Waals surface area contributed by atoms with Gasteiger partial charge in [-0.1, -0.05) is 36.8 Å². The van der Waals surface area contributed by atoms with E-state index < -0.39 is 0 Å². The molecule has 2 nitrogen and oxygen atoms in total. The molecule has 1 aromatic rings. The van der Waals surface area contributed by atoms with E-state index >= 15 is 0 Å². The Kier molecular flexibility index (Phi) is 4.81. The van der Waals surface area contributed by atoms with Gasteiger partial charge in [0.15, 0.2) is 0 Å². The molecular weight excluding hydrogens is 252 g/mol. The third-order valence-corrected chi connectivity index (χ3v) is 5.63. The van der Waals surface area contributed by atoms with Gasteiger partial charge >= 0.3 is 0 Å². The molecule has 104 valence electrons. The fourth-order valence-corrected chi connectivity index (χ4v) is 4.52. The number of hydrogen-bond acceptors (Lipinski definition) is 3. The summed E-state index contributed by atoms with van der Waals surface area (Å²) in [6, 6.07) is 11.6. The molecule has 0 amide bonds. The quantitative estimate of drug-likeness (QED) is 0.914. The van der Waals surface area contributed by atoms with Crippen molar-refractivity contribution < 1.29 is 0 Å². The Morgan fingerprint density at radius 3 is 2.89 bits per heavy atom. The molecule has 3 rings (SSSR count). The second kappa shape index (κ2) is 6.78. The summed E-state index contributed by atoms with van der Waals surface area (Å²) in [5.74, 6) is 1.37. The predicted molar refractivity (Wildman–Crippen MR) is 83.7 cm³/mol. The average molecular weight is 276 g/mol. The second-order valence-electron chi connectivity index (χ2n) is 5.61. The van der Waals surface area contributed by atoms with E-state index in [0.29, 0.717) is 6.04 Å². The topological polar surface area (TPSA) is 15.3 Å². The molecular formula is C16H24N2S.